The van der Waals surface area contributed by atoms with Gasteiger partial charge in [0, 0.05) is 5.56 Å². The van der Waals surface area contributed by atoms with Gasteiger partial charge in [-0.25, -0.2) is 4.79 Å². The summed E-state index contributed by atoms with van der Waals surface area (Å²) in [4.78, 5) is 14.3. The number of aromatic nitrogens is 1. The number of benzene rings is 3. The summed E-state index contributed by atoms with van der Waals surface area (Å²) < 4.78 is 11.3. The normalized spacial score (nSPS) is 15.1. The third kappa shape index (κ3) is 4.70. The predicted molar refractivity (Wildman–Crippen MR) is 143 cm³/mol. The van der Waals surface area contributed by atoms with E-state index in [1.54, 1.807) is 17.5 Å². The van der Waals surface area contributed by atoms with Crippen LogP contribution in [0.2, 0.25) is 0 Å². The zero-order valence-electron chi connectivity index (χ0n) is 20.3. The first-order chi connectivity index (χ1) is 18.4. The number of nitrogens with zero attached hydrogens (tertiary/aromatic N) is 2. The Labute approximate surface area is 222 Å². The molecule has 1 saturated carbocycles. The number of aromatic carboxylic acids is 1. The van der Waals surface area contributed by atoms with Crippen LogP contribution in [0.25, 0.3) is 21.7 Å². The fourth-order valence-electron chi connectivity index (χ4n) is 4.65. The number of carboxylic acid groups (broad SMARTS) is 1. The maximum Gasteiger partial charge on any atom is 0.335 e. The SMILES string of the molecule is O=C(O)c1ccc(N[N+](O)(O)c2csc(-c3ccc(-c4ccc5c(c4)OCCO5)cc3)n2)c(C2CCC2)c1. The molecule has 10 heteroatoms. The zero-order valence-corrected chi connectivity index (χ0v) is 21.1. The van der Waals surface area contributed by atoms with E-state index in [1.807, 2.05) is 42.5 Å². The molecule has 194 valence electrons. The van der Waals surface area contributed by atoms with E-state index in [1.165, 1.54) is 17.4 Å². The maximum absolute atomic E-state index is 11.5. The molecular weight excluding hydrogens is 506 g/mol. The molecule has 0 bridgehead atoms. The molecule has 4 N–H and O–H groups in total. The fraction of sp³-hybridized carbons (Fsp3) is 0.214. The van der Waals surface area contributed by atoms with Gasteiger partial charge in [-0.3, -0.25) is 0 Å². The molecule has 2 aliphatic rings. The third-order valence-corrected chi connectivity index (χ3v) is 7.82. The van der Waals surface area contributed by atoms with E-state index in [2.05, 4.69) is 10.4 Å². The van der Waals surface area contributed by atoms with Crippen LogP contribution in [0.1, 0.15) is 41.1 Å². The van der Waals surface area contributed by atoms with Crippen LogP contribution < -0.4 is 19.8 Å². The molecular formula is C28H26N3O6S+. The molecule has 0 unspecified atom stereocenters. The lowest BCUT2D eigenvalue weighted by atomic mass is 9.79. The van der Waals surface area contributed by atoms with Gasteiger partial charge in [-0.2, -0.15) is 10.4 Å². The summed E-state index contributed by atoms with van der Waals surface area (Å²) >= 11 is 1.29. The summed E-state index contributed by atoms with van der Waals surface area (Å²) in [5.74, 6) is 0.633. The Balaban J connectivity index is 1.21. The second-order valence-corrected chi connectivity index (χ2v) is 10.3. The smallest absolute Gasteiger partial charge is 0.335 e. The quantitative estimate of drug-likeness (QED) is 0.161. The molecule has 0 radical (unpaired) electrons. The molecule has 1 fully saturated rings. The summed E-state index contributed by atoms with van der Waals surface area (Å²) in [6.07, 6.45) is 2.91. The number of anilines is 1. The number of thiazole rings is 1. The highest BCUT2D eigenvalue weighted by atomic mass is 32.1. The first-order valence-electron chi connectivity index (χ1n) is 12.3. The van der Waals surface area contributed by atoms with Gasteiger partial charge in [0.05, 0.1) is 16.6 Å². The second-order valence-electron chi connectivity index (χ2n) is 9.39. The van der Waals surface area contributed by atoms with Gasteiger partial charge in [-0.1, -0.05) is 36.8 Å². The Bertz CT molecular complexity index is 1500. The monoisotopic (exact) mass is 532 g/mol. The van der Waals surface area contributed by atoms with Crippen LogP contribution in [0, 0.1) is 0 Å². The van der Waals surface area contributed by atoms with Crippen molar-refractivity contribution in [3.8, 4) is 33.2 Å². The van der Waals surface area contributed by atoms with E-state index in [9.17, 15) is 20.3 Å². The minimum Gasteiger partial charge on any atom is -0.486 e. The lowest BCUT2D eigenvalue weighted by molar-refractivity contribution is -0.274. The molecule has 38 heavy (non-hydrogen) atoms. The van der Waals surface area contributed by atoms with Crippen molar-refractivity contribution < 1.29 is 29.8 Å². The number of carboxylic acids is 1. The average Bonchev–Trinajstić information content (AvgIpc) is 3.40. The molecule has 9 nitrogen and oxygen atoms in total. The van der Waals surface area contributed by atoms with E-state index in [4.69, 9.17) is 9.47 Å². The van der Waals surface area contributed by atoms with Gasteiger partial charge in [-0.05, 0) is 65.8 Å². The van der Waals surface area contributed by atoms with Gasteiger partial charge in [-0.15, -0.1) is 21.8 Å². The van der Waals surface area contributed by atoms with Crippen molar-refractivity contribution in [2.45, 2.75) is 25.2 Å². The van der Waals surface area contributed by atoms with Gasteiger partial charge in [0.15, 0.2) is 11.5 Å². The minimum absolute atomic E-state index is 0.00258. The van der Waals surface area contributed by atoms with Crippen LogP contribution in [0.15, 0.2) is 66.0 Å². The molecule has 1 aromatic heterocycles. The lowest BCUT2D eigenvalue weighted by Crippen LogP contribution is -2.48. The molecule has 6 rings (SSSR count). The number of hydrogen-bond acceptors (Lipinski definition) is 8. The topological polar surface area (TPSA) is 121 Å². The number of rotatable bonds is 7. The van der Waals surface area contributed by atoms with E-state index in [-0.39, 0.29) is 17.3 Å². The van der Waals surface area contributed by atoms with Crippen LogP contribution in [-0.4, -0.2) is 39.7 Å². The standard InChI is InChI=1S/C28H25N3O6S/c32-28(33)21-8-10-23(22(14-21)18-2-1-3-18)30-31(34,35)26-16-38-27(29-26)19-6-4-17(5-7-19)20-9-11-24-25(15-20)37-13-12-36-24/h4-11,14-16,18,30,34-35H,1-3,12-13H2/p+1. The molecule has 3 aromatic carbocycles. The summed E-state index contributed by atoms with van der Waals surface area (Å²) in [5, 5.41) is 33.3. The van der Waals surface area contributed by atoms with E-state index in [0.717, 1.165) is 53.0 Å². The molecule has 0 saturated heterocycles. The average molecular weight is 533 g/mol. The third-order valence-electron chi connectivity index (χ3n) is 6.94. The fourth-order valence-corrected chi connectivity index (χ4v) is 5.48. The molecule has 0 spiro atoms. The maximum atomic E-state index is 11.5. The molecule has 1 aliphatic carbocycles. The molecule has 4 aromatic rings. The van der Waals surface area contributed by atoms with E-state index in [0.29, 0.717) is 23.9 Å². The second kappa shape index (κ2) is 9.73. The van der Waals surface area contributed by atoms with Crippen molar-refractivity contribution >= 4 is 28.8 Å². The van der Waals surface area contributed by atoms with Crippen molar-refractivity contribution in [3.05, 3.63) is 77.2 Å². The first kappa shape index (κ1) is 24.4. The number of carbonyl (C=O) groups is 1. The van der Waals surface area contributed by atoms with Gasteiger partial charge < -0.3 is 14.6 Å². The first-order valence-corrected chi connectivity index (χ1v) is 13.2. The summed E-state index contributed by atoms with van der Waals surface area (Å²) in [6.45, 7) is 1.08. The van der Waals surface area contributed by atoms with E-state index < -0.39 is 10.9 Å². The van der Waals surface area contributed by atoms with Crippen molar-refractivity contribution in [2.75, 3.05) is 18.6 Å². The Hall–Kier alpha value is -3.96. The summed E-state index contributed by atoms with van der Waals surface area (Å²) in [6, 6.07) is 18.3. The number of fused-ring (bicyclic) bond motifs is 1. The molecule has 0 amide bonds. The Kier molecular flexibility index (Phi) is 6.24. The van der Waals surface area contributed by atoms with Gasteiger partial charge in [0.1, 0.15) is 23.1 Å². The number of nitrogens with one attached hydrogen (secondary N) is 1. The highest BCUT2D eigenvalue weighted by molar-refractivity contribution is 7.13. The van der Waals surface area contributed by atoms with E-state index >= 15 is 0 Å². The molecule has 0 atom stereocenters. The minimum atomic E-state index is -1.65. The summed E-state index contributed by atoms with van der Waals surface area (Å²) in [5.41, 5.74) is 6.95. The number of hydrogen-bond donors (Lipinski definition) is 4. The van der Waals surface area contributed by atoms with Gasteiger partial charge >= 0.3 is 11.8 Å². The lowest BCUT2D eigenvalue weighted by Gasteiger charge is -2.29. The summed E-state index contributed by atoms with van der Waals surface area (Å²) in [7, 11) is 0. The Morgan fingerprint density at radius 1 is 0.921 bits per heavy atom. The van der Waals surface area contributed by atoms with Crippen LogP contribution in [-0.2, 0) is 0 Å². The van der Waals surface area contributed by atoms with Crippen LogP contribution in [0.4, 0.5) is 11.5 Å². The predicted octanol–water partition coefficient (Wildman–Crippen LogP) is 6.33. The van der Waals surface area contributed by atoms with Gasteiger partial charge in [0.2, 0.25) is 0 Å². The van der Waals surface area contributed by atoms with Crippen LogP contribution >= 0.6 is 11.3 Å². The largest absolute Gasteiger partial charge is 0.486 e. The van der Waals surface area contributed by atoms with Crippen molar-refractivity contribution in [2.24, 2.45) is 0 Å². The Morgan fingerprint density at radius 2 is 1.63 bits per heavy atom. The van der Waals surface area contributed by atoms with Crippen molar-refractivity contribution in [3.63, 3.8) is 0 Å². The van der Waals surface area contributed by atoms with Crippen molar-refractivity contribution in [1.82, 2.24) is 9.90 Å². The van der Waals surface area contributed by atoms with Crippen LogP contribution in [0.3, 0.4) is 0 Å². The van der Waals surface area contributed by atoms with Gasteiger partial charge in [0.25, 0.3) is 0 Å². The zero-order chi connectivity index (χ0) is 26.3. The number of quaternary nitrogens is 1. The van der Waals surface area contributed by atoms with Crippen molar-refractivity contribution in [1.29, 1.82) is 0 Å². The molecule has 2 heterocycles. The highest BCUT2D eigenvalue weighted by Crippen LogP contribution is 2.41. The van der Waals surface area contributed by atoms with Crippen LogP contribution in [0.5, 0.6) is 11.5 Å². The Morgan fingerprint density at radius 3 is 2.34 bits per heavy atom. The molecule has 1 aliphatic heterocycles. The highest BCUT2D eigenvalue weighted by Gasteiger charge is 2.34. The number of ether oxygens (including phenoxy) is 2.